The second-order valence-corrected chi connectivity index (χ2v) is 7.82. The molecule has 1 atom stereocenters. The van der Waals surface area contributed by atoms with Crippen LogP contribution in [0.2, 0.25) is 0 Å². The molecule has 2 aromatic rings. The van der Waals surface area contributed by atoms with Crippen LogP contribution < -0.4 is 0 Å². The van der Waals surface area contributed by atoms with Gasteiger partial charge in [-0.15, -0.1) is 0 Å². The van der Waals surface area contributed by atoms with Gasteiger partial charge in [-0.3, -0.25) is 9.78 Å². The Morgan fingerprint density at radius 1 is 1.29 bits per heavy atom. The Bertz CT molecular complexity index is 787. The number of aryl methyl sites for hydroxylation is 1. The lowest BCUT2D eigenvalue weighted by Gasteiger charge is -2.34. The molecular weight excluding hydrogens is 346 g/mol. The van der Waals surface area contributed by atoms with Gasteiger partial charge in [0, 0.05) is 45.2 Å². The normalized spacial score (nSPS) is 17.7. The minimum absolute atomic E-state index is 0.0564. The van der Waals surface area contributed by atoms with Gasteiger partial charge in [0.15, 0.2) is 0 Å². The Kier molecular flexibility index (Phi) is 7.38. The van der Waals surface area contributed by atoms with E-state index in [2.05, 4.69) is 41.1 Å². The van der Waals surface area contributed by atoms with E-state index in [-0.39, 0.29) is 5.91 Å². The van der Waals surface area contributed by atoms with Crippen LogP contribution in [0.1, 0.15) is 29.5 Å². The van der Waals surface area contributed by atoms with Gasteiger partial charge in [0.25, 0.3) is 0 Å². The molecule has 1 aliphatic heterocycles. The fraction of sp³-hybridized carbons (Fsp3) is 0.417. The first-order chi connectivity index (χ1) is 13.6. The van der Waals surface area contributed by atoms with Crippen molar-refractivity contribution in [3.8, 4) is 0 Å². The van der Waals surface area contributed by atoms with E-state index in [0.717, 1.165) is 31.6 Å². The van der Waals surface area contributed by atoms with Crippen LogP contribution in [-0.4, -0.2) is 53.9 Å². The van der Waals surface area contributed by atoms with Crippen molar-refractivity contribution in [3.05, 3.63) is 71.6 Å². The van der Waals surface area contributed by atoms with E-state index in [4.69, 9.17) is 0 Å². The van der Waals surface area contributed by atoms with Crippen molar-refractivity contribution in [2.24, 2.45) is 5.92 Å². The van der Waals surface area contributed by atoms with Gasteiger partial charge in [0.05, 0.1) is 0 Å². The maximum atomic E-state index is 12.4. The highest BCUT2D eigenvalue weighted by atomic mass is 16.2. The fourth-order valence-corrected chi connectivity index (χ4v) is 3.92. The number of hydrogen-bond acceptors (Lipinski definition) is 3. The third-order valence-electron chi connectivity index (χ3n) is 5.57. The van der Waals surface area contributed by atoms with Gasteiger partial charge in [0.1, 0.15) is 0 Å². The Balaban J connectivity index is 1.46. The SMILES string of the molecule is Cc1ccccc1CCN1CCC[C@@H](CN(C)C(=O)/C=C/c2cccnc2)C1. The standard InChI is InChI=1S/C24H31N3O/c1-20-7-3-4-10-23(20)13-16-27-15-6-9-22(19-27)18-26(2)24(28)12-11-21-8-5-14-25-17-21/h3-5,7-8,10-12,14,17,22H,6,9,13,15-16,18-19H2,1-2H3/b12-11+/t22-/m0/s1. The fourth-order valence-electron chi connectivity index (χ4n) is 3.92. The van der Waals surface area contributed by atoms with E-state index in [1.165, 1.54) is 30.5 Å². The van der Waals surface area contributed by atoms with Gasteiger partial charge in [-0.1, -0.05) is 30.3 Å². The second kappa shape index (κ2) is 10.2. The maximum Gasteiger partial charge on any atom is 0.246 e. The summed E-state index contributed by atoms with van der Waals surface area (Å²) in [5.41, 5.74) is 3.77. The number of carbonyl (C=O) groups is 1. The van der Waals surface area contributed by atoms with Crippen LogP contribution in [-0.2, 0) is 11.2 Å². The zero-order chi connectivity index (χ0) is 19.8. The first-order valence-electron chi connectivity index (χ1n) is 10.2. The molecule has 4 nitrogen and oxygen atoms in total. The van der Waals surface area contributed by atoms with E-state index in [1.54, 1.807) is 18.5 Å². The Morgan fingerprint density at radius 3 is 2.93 bits per heavy atom. The van der Waals surface area contributed by atoms with Crippen molar-refractivity contribution < 1.29 is 4.79 Å². The highest BCUT2D eigenvalue weighted by Gasteiger charge is 2.22. The molecule has 1 aliphatic rings. The van der Waals surface area contributed by atoms with Gasteiger partial charge >= 0.3 is 0 Å². The van der Waals surface area contributed by atoms with E-state index < -0.39 is 0 Å². The summed E-state index contributed by atoms with van der Waals surface area (Å²) in [5.74, 6) is 0.604. The van der Waals surface area contributed by atoms with E-state index >= 15 is 0 Å². The quantitative estimate of drug-likeness (QED) is 0.689. The van der Waals surface area contributed by atoms with E-state index in [9.17, 15) is 4.79 Å². The molecule has 148 valence electrons. The number of piperidine rings is 1. The number of nitrogens with zero attached hydrogens (tertiary/aromatic N) is 3. The third kappa shape index (κ3) is 6.03. The molecule has 0 radical (unpaired) electrons. The molecule has 1 aromatic heterocycles. The van der Waals surface area contributed by atoms with Crippen molar-refractivity contribution in [2.45, 2.75) is 26.2 Å². The highest BCUT2D eigenvalue weighted by molar-refractivity contribution is 5.91. The molecule has 0 saturated carbocycles. The number of amides is 1. The van der Waals surface area contributed by atoms with Crippen molar-refractivity contribution in [1.29, 1.82) is 0 Å². The zero-order valence-electron chi connectivity index (χ0n) is 17.1. The number of hydrogen-bond donors (Lipinski definition) is 0. The van der Waals surface area contributed by atoms with Crippen LogP contribution in [0.5, 0.6) is 0 Å². The van der Waals surface area contributed by atoms with Crippen molar-refractivity contribution in [1.82, 2.24) is 14.8 Å². The van der Waals surface area contributed by atoms with Gasteiger partial charge in [-0.2, -0.15) is 0 Å². The molecule has 1 saturated heterocycles. The van der Waals surface area contributed by atoms with Crippen molar-refractivity contribution in [2.75, 3.05) is 33.2 Å². The van der Waals surface area contributed by atoms with E-state index in [1.807, 2.05) is 30.2 Å². The molecule has 3 rings (SSSR count). The molecule has 2 heterocycles. The molecule has 0 aliphatic carbocycles. The third-order valence-corrected chi connectivity index (χ3v) is 5.57. The number of rotatable bonds is 7. The summed E-state index contributed by atoms with van der Waals surface area (Å²) in [7, 11) is 1.90. The predicted octanol–water partition coefficient (Wildman–Crippen LogP) is 3.82. The summed E-state index contributed by atoms with van der Waals surface area (Å²) >= 11 is 0. The van der Waals surface area contributed by atoms with Gasteiger partial charge in [-0.25, -0.2) is 0 Å². The highest BCUT2D eigenvalue weighted by Crippen LogP contribution is 2.18. The first kappa shape index (κ1) is 20.3. The molecule has 0 unspecified atom stereocenters. The lowest BCUT2D eigenvalue weighted by Crippen LogP contribution is -2.42. The number of carbonyl (C=O) groups excluding carboxylic acids is 1. The van der Waals surface area contributed by atoms with Crippen molar-refractivity contribution in [3.63, 3.8) is 0 Å². The van der Waals surface area contributed by atoms with Crippen LogP contribution in [0.25, 0.3) is 6.08 Å². The number of benzene rings is 1. The predicted molar refractivity (Wildman–Crippen MR) is 115 cm³/mol. The molecule has 0 spiro atoms. The van der Waals surface area contributed by atoms with Gasteiger partial charge < -0.3 is 9.80 Å². The molecule has 1 amide bonds. The summed E-state index contributed by atoms with van der Waals surface area (Å²) in [4.78, 5) is 20.9. The maximum absolute atomic E-state index is 12.4. The molecule has 1 fully saturated rings. The average molecular weight is 378 g/mol. The molecule has 4 heteroatoms. The second-order valence-electron chi connectivity index (χ2n) is 7.82. The topological polar surface area (TPSA) is 36.4 Å². The smallest absolute Gasteiger partial charge is 0.246 e. The monoisotopic (exact) mass is 377 g/mol. The summed E-state index contributed by atoms with van der Waals surface area (Å²) in [6.45, 7) is 6.35. The van der Waals surface area contributed by atoms with Crippen LogP contribution in [0.3, 0.4) is 0 Å². The van der Waals surface area contributed by atoms with Gasteiger partial charge in [-0.05, 0) is 67.5 Å². The minimum atomic E-state index is 0.0564. The van der Waals surface area contributed by atoms with Crippen molar-refractivity contribution >= 4 is 12.0 Å². The van der Waals surface area contributed by atoms with E-state index in [0.29, 0.717) is 5.92 Å². The molecule has 1 aromatic carbocycles. The Morgan fingerprint density at radius 2 is 2.14 bits per heavy atom. The Labute approximate surface area is 168 Å². The van der Waals surface area contributed by atoms with Crippen LogP contribution in [0, 0.1) is 12.8 Å². The summed E-state index contributed by atoms with van der Waals surface area (Å²) < 4.78 is 0. The molecule has 28 heavy (non-hydrogen) atoms. The first-order valence-corrected chi connectivity index (χ1v) is 10.2. The summed E-state index contributed by atoms with van der Waals surface area (Å²) in [6, 6.07) is 12.5. The van der Waals surface area contributed by atoms with Crippen LogP contribution >= 0.6 is 0 Å². The molecular formula is C24H31N3O. The van der Waals surface area contributed by atoms with Crippen LogP contribution in [0.4, 0.5) is 0 Å². The number of pyridine rings is 1. The largest absolute Gasteiger partial charge is 0.342 e. The zero-order valence-corrected chi connectivity index (χ0v) is 17.1. The van der Waals surface area contributed by atoms with Gasteiger partial charge in [0.2, 0.25) is 5.91 Å². The Hall–Kier alpha value is -2.46. The number of aromatic nitrogens is 1. The number of likely N-dealkylation sites (tertiary alicyclic amines) is 1. The lowest BCUT2D eigenvalue weighted by molar-refractivity contribution is -0.125. The number of likely N-dealkylation sites (N-methyl/N-ethyl adjacent to an activating group) is 1. The molecule has 0 N–H and O–H groups in total. The van der Waals surface area contributed by atoms with Crippen LogP contribution in [0.15, 0.2) is 54.9 Å². The minimum Gasteiger partial charge on any atom is -0.342 e. The molecule has 0 bridgehead atoms. The summed E-state index contributed by atoms with van der Waals surface area (Å²) in [6.07, 6.45) is 10.5. The average Bonchev–Trinajstić information content (AvgIpc) is 2.72. The lowest BCUT2D eigenvalue weighted by atomic mass is 9.96. The summed E-state index contributed by atoms with van der Waals surface area (Å²) in [5, 5.41) is 0.